The van der Waals surface area contributed by atoms with E-state index in [4.69, 9.17) is 28.3 Å². The molecule has 2 aliphatic carbocycles. The second kappa shape index (κ2) is 17.6. The Morgan fingerprint density at radius 2 is 1.65 bits per heavy atom. The lowest BCUT2D eigenvalue weighted by Crippen LogP contribution is -2.47. The molecule has 1 aromatic carbocycles. The van der Waals surface area contributed by atoms with Gasteiger partial charge in [-0.15, -0.1) is 0 Å². The molecule has 11 nitrogen and oxygen atoms in total. The Kier molecular flexibility index (Phi) is 13.9. The van der Waals surface area contributed by atoms with Crippen molar-refractivity contribution in [3.63, 3.8) is 0 Å². The predicted molar refractivity (Wildman–Crippen MR) is 170 cm³/mol. The van der Waals surface area contributed by atoms with Crippen molar-refractivity contribution in [1.82, 2.24) is 10.6 Å². The Morgan fingerprint density at radius 1 is 0.930 bits per heavy atom. The highest BCUT2D eigenvalue weighted by molar-refractivity contribution is 5.95. The van der Waals surface area contributed by atoms with Crippen LogP contribution in [0.25, 0.3) is 0 Å². The fourth-order valence-corrected chi connectivity index (χ4v) is 6.74. The van der Waals surface area contributed by atoms with Crippen LogP contribution in [0, 0.1) is 29.1 Å². The monoisotopic (exact) mass is 596 g/mol. The molecule has 43 heavy (non-hydrogen) atoms. The third-order valence-corrected chi connectivity index (χ3v) is 9.08. The van der Waals surface area contributed by atoms with Gasteiger partial charge in [0.1, 0.15) is 17.7 Å². The Hall–Kier alpha value is -3.47. The largest absolute Gasteiger partial charge is 0.384 e. The van der Waals surface area contributed by atoms with Gasteiger partial charge in [-0.05, 0) is 81.7 Å². The van der Waals surface area contributed by atoms with Crippen LogP contribution in [-0.4, -0.2) is 55.1 Å². The van der Waals surface area contributed by atoms with Gasteiger partial charge in [0.15, 0.2) is 5.96 Å². The number of aliphatic imine (C=N–C) groups is 1. The molecule has 0 saturated heterocycles. The Balaban J connectivity index is 1.50. The molecule has 0 aromatic heterocycles. The molecule has 0 radical (unpaired) electrons. The van der Waals surface area contributed by atoms with Gasteiger partial charge < -0.3 is 33.6 Å². The number of rotatable bonds is 17. The van der Waals surface area contributed by atoms with Gasteiger partial charge in [0.25, 0.3) is 0 Å². The molecular formula is C32H52N8O3. The second-order valence-electron chi connectivity index (χ2n) is 12.4. The number of amidine groups is 1. The van der Waals surface area contributed by atoms with Crippen LogP contribution in [0.4, 0.5) is 0 Å². The fraction of sp³-hybridized carbons (Fsp3) is 0.656. The third kappa shape index (κ3) is 11.6. The third-order valence-electron chi connectivity index (χ3n) is 9.08. The molecule has 0 aliphatic heterocycles. The first-order chi connectivity index (χ1) is 20.6. The SMILES string of the molecule is N=C(N)c1ccc(CC(C(=O)C2CCCC(CNCC(=O)NC(CCCCN=C(N)N)C(N)=O)C2)C2CCCCC2)cc1. The number of amides is 2. The molecule has 3 rings (SSSR count). The predicted octanol–water partition coefficient (Wildman–Crippen LogP) is 2.09. The van der Waals surface area contributed by atoms with Crippen LogP contribution in [0.3, 0.4) is 0 Å². The summed E-state index contributed by atoms with van der Waals surface area (Å²) in [4.78, 5) is 42.3. The van der Waals surface area contributed by atoms with Crippen LogP contribution >= 0.6 is 0 Å². The van der Waals surface area contributed by atoms with E-state index in [1.165, 1.54) is 19.3 Å². The number of hydrogen-bond acceptors (Lipinski definition) is 6. The standard InChI is InChI=1S/C32H52N8O3/c33-30(34)24-14-12-21(13-15-24)18-26(23-8-2-1-3-9-23)29(42)25-10-6-7-22(17-25)19-38-20-28(41)40-27(31(35)43)11-4-5-16-39-32(36)37/h12-15,22-23,25-27,38H,1-11,16-20H2,(H3,33,34)(H2,35,43)(H,40,41)(H4,36,37,39). The summed E-state index contributed by atoms with van der Waals surface area (Å²) in [6.07, 6.45) is 12.1. The van der Waals surface area contributed by atoms with Gasteiger partial charge in [-0.25, -0.2) is 0 Å². The van der Waals surface area contributed by atoms with Crippen molar-refractivity contribution in [3.05, 3.63) is 35.4 Å². The molecule has 0 heterocycles. The number of nitrogens with two attached hydrogens (primary N) is 4. The molecule has 11 N–H and O–H groups in total. The number of nitrogen functional groups attached to an aromatic ring is 1. The molecule has 4 atom stereocenters. The summed E-state index contributed by atoms with van der Waals surface area (Å²) >= 11 is 0. The molecule has 4 unspecified atom stereocenters. The van der Waals surface area contributed by atoms with E-state index >= 15 is 0 Å². The smallest absolute Gasteiger partial charge is 0.240 e. The lowest BCUT2D eigenvalue weighted by Gasteiger charge is -2.35. The summed E-state index contributed by atoms with van der Waals surface area (Å²) in [7, 11) is 0. The van der Waals surface area contributed by atoms with Gasteiger partial charge >= 0.3 is 0 Å². The number of benzene rings is 1. The lowest BCUT2D eigenvalue weighted by atomic mass is 9.69. The normalized spacial score (nSPS) is 20.5. The van der Waals surface area contributed by atoms with Crippen molar-refractivity contribution < 1.29 is 14.4 Å². The average molecular weight is 597 g/mol. The zero-order valence-electron chi connectivity index (χ0n) is 25.5. The minimum Gasteiger partial charge on any atom is -0.384 e. The fourth-order valence-electron chi connectivity index (χ4n) is 6.74. The zero-order chi connectivity index (χ0) is 31.2. The van der Waals surface area contributed by atoms with Crippen LogP contribution < -0.4 is 33.6 Å². The van der Waals surface area contributed by atoms with Crippen molar-refractivity contribution in [1.29, 1.82) is 5.41 Å². The number of primary amides is 1. The molecule has 0 spiro atoms. The zero-order valence-corrected chi connectivity index (χ0v) is 25.5. The number of nitrogens with zero attached hydrogens (tertiary/aromatic N) is 1. The van der Waals surface area contributed by atoms with E-state index in [2.05, 4.69) is 15.6 Å². The van der Waals surface area contributed by atoms with Gasteiger partial charge in [0, 0.05) is 23.9 Å². The van der Waals surface area contributed by atoms with Crippen LogP contribution in [0.2, 0.25) is 0 Å². The van der Waals surface area contributed by atoms with E-state index in [0.29, 0.717) is 55.5 Å². The molecule has 0 bridgehead atoms. The van der Waals surface area contributed by atoms with Gasteiger partial charge in [-0.3, -0.25) is 24.8 Å². The second-order valence-corrected chi connectivity index (χ2v) is 12.4. The maximum atomic E-state index is 14.0. The molecular weight excluding hydrogens is 544 g/mol. The molecule has 2 amide bonds. The van der Waals surface area contributed by atoms with Crippen molar-refractivity contribution in [2.45, 2.75) is 89.5 Å². The summed E-state index contributed by atoms with van der Waals surface area (Å²) in [6.45, 7) is 1.20. The number of Topliss-reactive ketones (excluding diaryl/α,β-unsaturated/α-hetero) is 1. The van der Waals surface area contributed by atoms with E-state index in [1.807, 2.05) is 24.3 Å². The quantitative estimate of drug-likeness (QED) is 0.0806. The van der Waals surface area contributed by atoms with E-state index in [0.717, 1.165) is 50.5 Å². The number of unbranched alkanes of at least 4 members (excludes halogenated alkanes) is 1. The minimum atomic E-state index is -0.736. The topological polar surface area (TPSA) is 216 Å². The van der Waals surface area contributed by atoms with Crippen molar-refractivity contribution in [2.75, 3.05) is 19.6 Å². The van der Waals surface area contributed by atoms with E-state index in [9.17, 15) is 14.4 Å². The first-order valence-electron chi connectivity index (χ1n) is 16.0. The number of carbonyl (C=O) groups is 3. The maximum Gasteiger partial charge on any atom is 0.240 e. The van der Waals surface area contributed by atoms with Gasteiger partial charge in [-0.2, -0.15) is 0 Å². The van der Waals surface area contributed by atoms with Crippen molar-refractivity contribution in [3.8, 4) is 0 Å². The number of hydrogen-bond donors (Lipinski definition) is 7. The van der Waals surface area contributed by atoms with E-state index in [-0.39, 0.29) is 36.1 Å². The minimum absolute atomic E-state index is 0.0103. The Labute approximate surface area is 255 Å². The number of nitrogens with one attached hydrogen (secondary N) is 3. The summed E-state index contributed by atoms with van der Waals surface area (Å²) in [5, 5.41) is 13.6. The maximum absolute atomic E-state index is 14.0. The number of carbonyl (C=O) groups excluding carboxylic acids is 3. The summed E-state index contributed by atoms with van der Waals surface area (Å²) in [5.41, 5.74) is 23.6. The van der Waals surface area contributed by atoms with Crippen LogP contribution in [0.15, 0.2) is 29.3 Å². The van der Waals surface area contributed by atoms with E-state index < -0.39 is 11.9 Å². The first-order valence-corrected chi connectivity index (χ1v) is 16.0. The first kappa shape index (κ1) is 34.0. The molecule has 2 fully saturated rings. The van der Waals surface area contributed by atoms with Gasteiger partial charge in [0.05, 0.1) is 6.54 Å². The average Bonchev–Trinajstić information content (AvgIpc) is 2.99. The van der Waals surface area contributed by atoms with E-state index in [1.54, 1.807) is 0 Å². The Bertz CT molecular complexity index is 1100. The van der Waals surface area contributed by atoms with Crippen LogP contribution in [0.1, 0.15) is 88.2 Å². The van der Waals surface area contributed by atoms with Gasteiger partial charge in [0.2, 0.25) is 11.8 Å². The summed E-state index contributed by atoms with van der Waals surface area (Å²) < 4.78 is 0. The number of ketones is 1. The van der Waals surface area contributed by atoms with Crippen LogP contribution in [-0.2, 0) is 20.8 Å². The highest BCUT2D eigenvalue weighted by Gasteiger charge is 2.36. The van der Waals surface area contributed by atoms with Crippen LogP contribution in [0.5, 0.6) is 0 Å². The molecule has 2 saturated carbocycles. The van der Waals surface area contributed by atoms with Gasteiger partial charge in [-0.1, -0.05) is 49.9 Å². The lowest BCUT2D eigenvalue weighted by molar-refractivity contribution is -0.130. The molecule has 1 aromatic rings. The van der Waals surface area contributed by atoms with Crippen molar-refractivity contribution in [2.24, 2.45) is 51.6 Å². The Morgan fingerprint density at radius 3 is 2.30 bits per heavy atom. The molecule has 2 aliphatic rings. The van der Waals surface area contributed by atoms with Crippen molar-refractivity contribution >= 4 is 29.4 Å². The highest BCUT2D eigenvalue weighted by Crippen LogP contribution is 2.38. The number of guanidine groups is 1. The summed E-state index contributed by atoms with van der Waals surface area (Å²) in [5.74, 6) is 0.424. The highest BCUT2D eigenvalue weighted by atomic mass is 16.2. The summed E-state index contributed by atoms with van der Waals surface area (Å²) in [6, 6.07) is 7.03. The molecule has 238 valence electrons. The molecule has 11 heteroatoms.